The fraction of sp³-hybridized carbons (Fsp3) is 0.571. The maximum Gasteiger partial charge on any atom is 0.326 e. The molecular weight excluding hydrogens is 739 g/mol. The molecule has 2 rings (SSSR count). The normalized spacial score (nSPS) is 16.5. The van der Waals surface area contributed by atoms with E-state index in [0.29, 0.717) is 12.0 Å². The topological polar surface area (TPSA) is 321 Å². The van der Waals surface area contributed by atoms with E-state index in [0.717, 1.165) is 4.90 Å². The Morgan fingerprint density at radius 1 is 0.855 bits per heavy atom. The Kier molecular flexibility index (Phi) is 18.5. The maximum atomic E-state index is 14.4. The summed E-state index contributed by atoms with van der Waals surface area (Å²) in [6.45, 7) is 3.49. The van der Waals surface area contributed by atoms with E-state index in [1.54, 1.807) is 44.2 Å². The molecule has 1 aliphatic heterocycles. The molecule has 1 aromatic rings. The van der Waals surface area contributed by atoms with Gasteiger partial charge in [-0.1, -0.05) is 44.2 Å². The van der Waals surface area contributed by atoms with Crippen LogP contribution in [0.15, 0.2) is 30.3 Å². The van der Waals surface area contributed by atoms with E-state index in [2.05, 4.69) is 28.6 Å². The van der Waals surface area contributed by atoms with E-state index in [1.807, 2.05) is 0 Å². The molecular formula is C35H53N9O10S. The van der Waals surface area contributed by atoms with Crippen LogP contribution >= 0.6 is 12.6 Å². The minimum atomic E-state index is -1.57. The van der Waals surface area contributed by atoms with Crippen molar-refractivity contribution in [2.24, 2.45) is 28.9 Å². The van der Waals surface area contributed by atoms with Crippen molar-refractivity contribution in [2.45, 2.75) is 108 Å². The van der Waals surface area contributed by atoms with Gasteiger partial charge >= 0.3 is 5.97 Å². The molecule has 12 N–H and O–H groups in total. The smallest absolute Gasteiger partial charge is 0.326 e. The van der Waals surface area contributed by atoms with Gasteiger partial charge in [0, 0.05) is 31.7 Å². The average molecular weight is 792 g/mol. The minimum Gasteiger partial charge on any atom is -0.480 e. The first kappa shape index (κ1) is 45.9. The molecule has 304 valence electrons. The quantitative estimate of drug-likeness (QED) is 0.0527. The SMILES string of the molecule is CC(C)C[C@H](NC(=O)[C@@H]1CCCN1C(=O)[C@H](CS)N(Cc1ccccc1)C(=O)[C@H](CC(N)=O)NC(=O)[C@@H](N)CCC(N)=O)C(=O)N[C@@H](CCC(N)=O)C(=O)O. The molecule has 19 nitrogen and oxygen atoms in total. The molecule has 0 bridgehead atoms. The Bertz CT molecular complexity index is 1560. The Morgan fingerprint density at radius 2 is 1.45 bits per heavy atom. The van der Waals surface area contributed by atoms with Crippen molar-refractivity contribution >= 4 is 65.9 Å². The first-order chi connectivity index (χ1) is 25.9. The standard InChI is InChI=1S/C35H53N9O10S/c1-19(2)15-23(31(49)40-22(35(53)54)11-13-28(38)46)41-32(50)25-9-6-14-43(25)34(52)26(18-55)44(17-20-7-4-3-5-8-20)33(51)24(16-29(39)47)42-30(48)21(36)10-12-27(37)45/h3-5,7-8,19,21-26,55H,6,9-18,36H2,1-2H3,(H2,37,45)(H2,38,46)(H2,39,47)(H,40,49)(H,41,50)(H,42,48)(H,53,54)/t21-,22-,23-,24-,25-,26-/m0/s1. The van der Waals surface area contributed by atoms with Gasteiger partial charge in [-0.25, -0.2) is 4.79 Å². The summed E-state index contributed by atoms with van der Waals surface area (Å²) in [5.74, 6) is -8.10. The molecule has 1 saturated heterocycles. The largest absolute Gasteiger partial charge is 0.480 e. The molecule has 0 unspecified atom stereocenters. The first-order valence-electron chi connectivity index (χ1n) is 17.9. The van der Waals surface area contributed by atoms with Crippen LogP contribution in [0.5, 0.6) is 0 Å². The predicted octanol–water partition coefficient (Wildman–Crippen LogP) is -2.38. The third kappa shape index (κ3) is 14.8. The number of rotatable bonds is 23. The van der Waals surface area contributed by atoms with Gasteiger partial charge in [0.05, 0.1) is 12.5 Å². The highest BCUT2D eigenvalue weighted by molar-refractivity contribution is 7.80. The van der Waals surface area contributed by atoms with Crippen molar-refractivity contribution in [1.82, 2.24) is 25.8 Å². The molecule has 1 heterocycles. The molecule has 55 heavy (non-hydrogen) atoms. The second kappa shape index (κ2) is 22.2. The molecule has 1 aromatic carbocycles. The van der Waals surface area contributed by atoms with Gasteiger partial charge in [-0.3, -0.25) is 38.4 Å². The van der Waals surface area contributed by atoms with Gasteiger partial charge < -0.3 is 53.8 Å². The van der Waals surface area contributed by atoms with E-state index in [4.69, 9.17) is 22.9 Å². The molecule has 1 aliphatic rings. The van der Waals surface area contributed by atoms with Crippen LogP contribution < -0.4 is 38.9 Å². The van der Waals surface area contributed by atoms with E-state index in [1.165, 1.54) is 4.90 Å². The summed E-state index contributed by atoms with van der Waals surface area (Å²) in [4.78, 5) is 117. The molecule has 8 amide bonds. The number of primary amides is 3. The van der Waals surface area contributed by atoms with Gasteiger partial charge in [0.2, 0.25) is 47.3 Å². The summed E-state index contributed by atoms with van der Waals surface area (Å²) in [6.07, 6.45) is -0.894. The number of thiol groups is 1. The van der Waals surface area contributed by atoms with Crippen LogP contribution in [0, 0.1) is 5.92 Å². The van der Waals surface area contributed by atoms with E-state index >= 15 is 0 Å². The molecule has 0 aromatic heterocycles. The summed E-state index contributed by atoms with van der Waals surface area (Å²) in [5, 5.41) is 17.0. The van der Waals surface area contributed by atoms with Gasteiger partial charge in [-0.2, -0.15) is 12.6 Å². The maximum absolute atomic E-state index is 14.4. The lowest BCUT2D eigenvalue weighted by Gasteiger charge is -2.36. The van der Waals surface area contributed by atoms with E-state index in [9.17, 15) is 48.3 Å². The Hall–Kier alpha value is -5.24. The number of hydrogen-bond donors (Lipinski definition) is 9. The lowest BCUT2D eigenvalue weighted by atomic mass is 10.0. The van der Waals surface area contributed by atoms with Crippen LogP contribution in [0.3, 0.4) is 0 Å². The highest BCUT2D eigenvalue weighted by Gasteiger charge is 2.42. The van der Waals surface area contributed by atoms with Crippen molar-refractivity contribution < 1.29 is 48.3 Å². The summed E-state index contributed by atoms with van der Waals surface area (Å²) < 4.78 is 0. The van der Waals surface area contributed by atoms with Crippen LogP contribution in [-0.4, -0.2) is 117 Å². The third-order valence-electron chi connectivity index (χ3n) is 8.84. The zero-order valence-corrected chi connectivity index (χ0v) is 31.9. The van der Waals surface area contributed by atoms with Crippen LogP contribution in [0.25, 0.3) is 0 Å². The fourth-order valence-electron chi connectivity index (χ4n) is 6.02. The summed E-state index contributed by atoms with van der Waals surface area (Å²) in [5.41, 5.74) is 22.2. The van der Waals surface area contributed by atoms with Gasteiger partial charge in [0.1, 0.15) is 30.2 Å². The van der Waals surface area contributed by atoms with Gasteiger partial charge in [-0.15, -0.1) is 0 Å². The lowest BCUT2D eigenvalue weighted by molar-refractivity contribution is -0.150. The number of carboxylic acid groups (broad SMARTS) is 1. The molecule has 0 spiro atoms. The second-order valence-electron chi connectivity index (χ2n) is 13.8. The Morgan fingerprint density at radius 3 is 2.00 bits per heavy atom. The number of nitrogens with zero attached hydrogens (tertiary/aromatic N) is 2. The summed E-state index contributed by atoms with van der Waals surface area (Å²) >= 11 is 4.40. The average Bonchev–Trinajstić information content (AvgIpc) is 3.61. The predicted molar refractivity (Wildman–Crippen MR) is 201 cm³/mol. The number of carbonyl (C=O) groups excluding carboxylic acids is 8. The number of nitrogens with two attached hydrogens (primary N) is 4. The van der Waals surface area contributed by atoms with Crippen LogP contribution in [0.4, 0.5) is 0 Å². The number of hydrogen-bond acceptors (Lipinski definition) is 11. The monoisotopic (exact) mass is 791 g/mol. The number of amides is 8. The zero-order chi connectivity index (χ0) is 41.4. The summed E-state index contributed by atoms with van der Waals surface area (Å²) in [7, 11) is 0. The molecule has 0 radical (unpaired) electrons. The van der Waals surface area contributed by atoms with Crippen LogP contribution in [-0.2, 0) is 49.7 Å². The number of nitrogens with one attached hydrogen (secondary N) is 3. The molecule has 20 heteroatoms. The van der Waals surface area contributed by atoms with Gasteiger partial charge in [0.25, 0.3) is 0 Å². The van der Waals surface area contributed by atoms with Gasteiger partial charge in [-0.05, 0) is 43.6 Å². The Balaban J connectivity index is 2.42. The highest BCUT2D eigenvalue weighted by atomic mass is 32.1. The third-order valence-corrected chi connectivity index (χ3v) is 9.19. The van der Waals surface area contributed by atoms with Crippen molar-refractivity contribution in [1.29, 1.82) is 0 Å². The van der Waals surface area contributed by atoms with Crippen molar-refractivity contribution in [2.75, 3.05) is 12.3 Å². The van der Waals surface area contributed by atoms with Crippen LogP contribution in [0.2, 0.25) is 0 Å². The number of carboxylic acids is 1. The summed E-state index contributed by atoms with van der Waals surface area (Å²) in [6, 6.07) is 0.603. The number of carbonyl (C=O) groups is 9. The number of benzene rings is 1. The van der Waals surface area contributed by atoms with Crippen LogP contribution in [0.1, 0.15) is 70.8 Å². The minimum absolute atomic E-state index is 0.0972. The first-order valence-corrected chi connectivity index (χ1v) is 18.5. The molecule has 0 aliphatic carbocycles. The van der Waals surface area contributed by atoms with Crippen molar-refractivity contribution in [3.8, 4) is 0 Å². The number of aliphatic carboxylic acids is 1. The Labute approximate surface area is 324 Å². The van der Waals surface area contributed by atoms with Gasteiger partial charge in [0.15, 0.2) is 0 Å². The van der Waals surface area contributed by atoms with E-state index < -0.39 is 95.9 Å². The molecule has 0 saturated carbocycles. The van der Waals surface area contributed by atoms with E-state index in [-0.39, 0.29) is 63.3 Å². The zero-order valence-electron chi connectivity index (χ0n) is 31.0. The highest BCUT2D eigenvalue weighted by Crippen LogP contribution is 2.23. The number of likely N-dealkylation sites (tertiary alicyclic amines) is 1. The molecule has 6 atom stereocenters. The van der Waals surface area contributed by atoms with Crippen molar-refractivity contribution in [3.63, 3.8) is 0 Å². The lowest BCUT2D eigenvalue weighted by Crippen LogP contribution is -2.60. The second-order valence-corrected chi connectivity index (χ2v) is 14.1. The van der Waals surface area contributed by atoms with Crippen molar-refractivity contribution in [3.05, 3.63) is 35.9 Å². The fourth-order valence-corrected chi connectivity index (χ4v) is 6.38. The molecule has 1 fully saturated rings.